The number of ether oxygens (including phenoxy) is 1. The highest BCUT2D eigenvalue weighted by Gasteiger charge is 2.38. The lowest BCUT2D eigenvalue weighted by Crippen LogP contribution is -2.39. The second-order valence-corrected chi connectivity index (χ2v) is 5.44. The first kappa shape index (κ1) is 14.1. The second kappa shape index (κ2) is 5.75. The first-order valence-electron chi connectivity index (χ1n) is 6.57. The summed E-state index contributed by atoms with van der Waals surface area (Å²) in [5.74, 6) is 0. The number of halogens is 3. The number of alkyl halides is 3. The van der Waals surface area contributed by atoms with Crippen molar-refractivity contribution in [1.82, 2.24) is 10.2 Å². The maximum Gasteiger partial charge on any atom is 0.411 e. The molecule has 2 aliphatic heterocycles. The highest BCUT2D eigenvalue weighted by Crippen LogP contribution is 2.38. The van der Waals surface area contributed by atoms with Gasteiger partial charge in [-0.25, -0.2) is 0 Å². The van der Waals surface area contributed by atoms with E-state index >= 15 is 0 Å². The van der Waals surface area contributed by atoms with E-state index < -0.39 is 12.8 Å². The molecule has 0 aromatic carbocycles. The first-order valence-corrected chi connectivity index (χ1v) is 6.57. The molecule has 0 saturated carbocycles. The molecule has 6 heteroatoms. The van der Waals surface area contributed by atoms with E-state index in [0.29, 0.717) is 12.0 Å². The zero-order valence-corrected chi connectivity index (χ0v) is 10.6. The van der Waals surface area contributed by atoms with Crippen molar-refractivity contribution in [3.05, 3.63) is 0 Å². The number of likely N-dealkylation sites (tertiary alicyclic amines) is 1. The van der Waals surface area contributed by atoms with Gasteiger partial charge in [-0.2, -0.15) is 13.2 Å². The van der Waals surface area contributed by atoms with Crippen LogP contribution in [0.4, 0.5) is 13.2 Å². The van der Waals surface area contributed by atoms with Gasteiger partial charge in [-0.3, -0.25) is 0 Å². The molecule has 0 bridgehead atoms. The average Bonchev–Trinajstić information content (AvgIpc) is 2.68. The number of hydrogen-bond acceptors (Lipinski definition) is 3. The average molecular weight is 266 g/mol. The zero-order chi connectivity index (χ0) is 13.1. The number of nitrogens with one attached hydrogen (secondary N) is 1. The summed E-state index contributed by atoms with van der Waals surface area (Å²) in [5.41, 5.74) is 0.412. The van der Waals surface area contributed by atoms with E-state index in [0.717, 1.165) is 26.2 Å². The fraction of sp³-hybridized carbons (Fsp3) is 1.00. The van der Waals surface area contributed by atoms with Gasteiger partial charge in [0.2, 0.25) is 0 Å². The largest absolute Gasteiger partial charge is 0.411 e. The molecule has 0 radical (unpaired) electrons. The molecule has 2 saturated heterocycles. The van der Waals surface area contributed by atoms with Crippen molar-refractivity contribution in [3.63, 3.8) is 0 Å². The van der Waals surface area contributed by atoms with Crippen LogP contribution in [0.3, 0.4) is 0 Å². The Balaban J connectivity index is 1.64. The fourth-order valence-corrected chi connectivity index (χ4v) is 2.97. The van der Waals surface area contributed by atoms with Gasteiger partial charge in [0.1, 0.15) is 6.61 Å². The number of rotatable bonds is 4. The summed E-state index contributed by atoms with van der Waals surface area (Å²) in [6.07, 6.45) is -0.658. The van der Waals surface area contributed by atoms with Crippen molar-refractivity contribution in [3.8, 4) is 0 Å². The van der Waals surface area contributed by atoms with Gasteiger partial charge in [-0.05, 0) is 44.3 Å². The molecular weight excluding hydrogens is 245 g/mol. The third-order valence-corrected chi connectivity index (χ3v) is 4.00. The summed E-state index contributed by atoms with van der Waals surface area (Å²) in [6.45, 7) is 3.81. The van der Waals surface area contributed by atoms with Crippen LogP contribution >= 0.6 is 0 Å². The summed E-state index contributed by atoms with van der Waals surface area (Å²) >= 11 is 0. The Morgan fingerprint density at radius 3 is 2.56 bits per heavy atom. The van der Waals surface area contributed by atoms with Crippen molar-refractivity contribution < 1.29 is 17.9 Å². The van der Waals surface area contributed by atoms with E-state index in [-0.39, 0.29) is 6.61 Å². The second-order valence-electron chi connectivity index (χ2n) is 5.44. The number of piperidine rings is 1. The summed E-state index contributed by atoms with van der Waals surface area (Å²) in [4.78, 5) is 2.24. The fourth-order valence-electron chi connectivity index (χ4n) is 2.97. The molecular formula is C12H21F3N2O. The summed E-state index contributed by atoms with van der Waals surface area (Å²) < 4.78 is 40.3. The maximum absolute atomic E-state index is 11.9. The SMILES string of the molecule is FC(F)(F)COCCN1CCC2(CCNCC2)C1. The molecule has 0 amide bonds. The molecule has 1 spiro atoms. The lowest BCUT2D eigenvalue weighted by Gasteiger charge is -2.33. The molecule has 0 aromatic rings. The molecule has 0 aliphatic carbocycles. The van der Waals surface area contributed by atoms with Gasteiger partial charge in [-0.15, -0.1) is 0 Å². The van der Waals surface area contributed by atoms with Crippen molar-refractivity contribution in [1.29, 1.82) is 0 Å². The molecule has 0 atom stereocenters. The maximum atomic E-state index is 11.9. The molecule has 2 rings (SSSR count). The topological polar surface area (TPSA) is 24.5 Å². The third kappa shape index (κ3) is 4.10. The van der Waals surface area contributed by atoms with E-state index in [1.807, 2.05) is 0 Å². The van der Waals surface area contributed by atoms with Crippen molar-refractivity contribution in [2.45, 2.75) is 25.4 Å². The van der Waals surface area contributed by atoms with Crippen LogP contribution in [0.2, 0.25) is 0 Å². The molecule has 18 heavy (non-hydrogen) atoms. The van der Waals surface area contributed by atoms with Gasteiger partial charge in [-0.1, -0.05) is 0 Å². The van der Waals surface area contributed by atoms with Crippen molar-refractivity contribution in [2.75, 3.05) is 45.9 Å². The molecule has 2 heterocycles. The van der Waals surface area contributed by atoms with E-state index in [1.54, 1.807) is 0 Å². The highest BCUT2D eigenvalue weighted by molar-refractivity contribution is 4.92. The summed E-state index contributed by atoms with van der Waals surface area (Å²) in [5, 5.41) is 3.35. The highest BCUT2D eigenvalue weighted by atomic mass is 19.4. The van der Waals surface area contributed by atoms with Crippen LogP contribution < -0.4 is 5.32 Å². The van der Waals surface area contributed by atoms with Gasteiger partial charge >= 0.3 is 6.18 Å². The minimum atomic E-state index is -4.21. The Kier molecular flexibility index (Phi) is 4.50. The molecule has 0 aromatic heterocycles. The Hall–Kier alpha value is -0.330. The van der Waals surface area contributed by atoms with Crippen LogP contribution in [0.15, 0.2) is 0 Å². The molecule has 2 fully saturated rings. The van der Waals surface area contributed by atoms with Crippen LogP contribution in [-0.4, -0.2) is 57.0 Å². The predicted molar refractivity (Wildman–Crippen MR) is 62.5 cm³/mol. The lowest BCUT2D eigenvalue weighted by molar-refractivity contribution is -0.174. The van der Waals surface area contributed by atoms with Crippen molar-refractivity contribution >= 4 is 0 Å². The Labute approximate surface area is 106 Å². The van der Waals surface area contributed by atoms with Crippen LogP contribution in [0.25, 0.3) is 0 Å². The molecule has 106 valence electrons. The lowest BCUT2D eigenvalue weighted by atomic mass is 9.78. The van der Waals surface area contributed by atoms with E-state index in [1.165, 1.54) is 19.3 Å². The molecule has 0 unspecified atom stereocenters. The zero-order valence-electron chi connectivity index (χ0n) is 10.6. The van der Waals surface area contributed by atoms with E-state index in [2.05, 4.69) is 15.0 Å². The third-order valence-electron chi connectivity index (χ3n) is 4.00. The van der Waals surface area contributed by atoms with E-state index in [4.69, 9.17) is 0 Å². The van der Waals surface area contributed by atoms with Crippen LogP contribution in [-0.2, 0) is 4.74 Å². The van der Waals surface area contributed by atoms with Gasteiger partial charge in [0, 0.05) is 13.1 Å². The van der Waals surface area contributed by atoms with Gasteiger partial charge in [0.15, 0.2) is 0 Å². The van der Waals surface area contributed by atoms with Gasteiger partial charge in [0.25, 0.3) is 0 Å². The first-order chi connectivity index (χ1) is 8.49. The summed E-state index contributed by atoms with van der Waals surface area (Å²) in [7, 11) is 0. The minimum Gasteiger partial charge on any atom is -0.371 e. The van der Waals surface area contributed by atoms with Crippen LogP contribution in [0, 0.1) is 5.41 Å². The number of nitrogens with zero attached hydrogens (tertiary/aromatic N) is 1. The predicted octanol–water partition coefficient (Wildman–Crippen LogP) is 1.64. The van der Waals surface area contributed by atoms with Gasteiger partial charge < -0.3 is 15.0 Å². The Morgan fingerprint density at radius 1 is 1.17 bits per heavy atom. The monoisotopic (exact) mass is 266 g/mol. The standard InChI is InChI=1S/C12H21F3N2O/c13-12(14,15)10-18-8-7-17-6-3-11(9-17)1-4-16-5-2-11/h16H,1-10H2. The Morgan fingerprint density at radius 2 is 1.89 bits per heavy atom. The van der Waals surface area contributed by atoms with Crippen LogP contribution in [0.5, 0.6) is 0 Å². The van der Waals surface area contributed by atoms with Gasteiger partial charge in [0.05, 0.1) is 6.61 Å². The number of hydrogen-bond donors (Lipinski definition) is 1. The van der Waals surface area contributed by atoms with Crippen LogP contribution in [0.1, 0.15) is 19.3 Å². The smallest absolute Gasteiger partial charge is 0.371 e. The minimum absolute atomic E-state index is 0.174. The molecule has 3 nitrogen and oxygen atoms in total. The molecule has 2 aliphatic rings. The normalized spacial score (nSPS) is 24.8. The molecule has 1 N–H and O–H groups in total. The van der Waals surface area contributed by atoms with Crippen molar-refractivity contribution in [2.24, 2.45) is 5.41 Å². The Bertz CT molecular complexity index is 265. The quantitative estimate of drug-likeness (QED) is 0.783. The summed E-state index contributed by atoms with van der Waals surface area (Å²) in [6, 6.07) is 0. The van der Waals surface area contributed by atoms with E-state index in [9.17, 15) is 13.2 Å².